The number of esters is 1. The second-order valence-electron chi connectivity index (χ2n) is 9.52. The standard InChI is InChI=1S/C28H29FN6O4/c1-38-22-12-11-20(29)13-21(22)27(36)31-14-16-3-5-17(6-4-16)23-24-25(30)32-15-33-35(24)26(34-23)18-7-9-19(10-8-18)28(37)39-2/h3-6,11-13,15,18-19H,7-10,14H2,1-2H3,(H,31,36)(H2,30,32,33). The third-order valence-electron chi connectivity index (χ3n) is 7.20. The molecule has 1 aliphatic rings. The molecule has 1 fully saturated rings. The minimum atomic E-state index is -0.517. The Kier molecular flexibility index (Phi) is 7.40. The lowest BCUT2D eigenvalue weighted by atomic mass is 9.81. The molecule has 5 rings (SSSR count). The molecule has 0 unspecified atom stereocenters. The van der Waals surface area contributed by atoms with Crippen LogP contribution in [0.5, 0.6) is 5.75 Å². The number of hydrogen-bond donors (Lipinski definition) is 2. The van der Waals surface area contributed by atoms with Gasteiger partial charge in [-0.2, -0.15) is 5.10 Å². The number of benzene rings is 2. The number of rotatable bonds is 7. The van der Waals surface area contributed by atoms with Gasteiger partial charge in [0.25, 0.3) is 5.91 Å². The number of methoxy groups -OCH3 is 2. The van der Waals surface area contributed by atoms with E-state index in [1.807, 2.05) is 24.3 Å². The van der Waals surface area contributed by atoms with Crippen molar-refractivity contribution in [2.24, 2.45) is 5.92 Å². The third kappa shape index (κ3) is 5.25. The van der Waals surface area contributed by atoms with Crippen molar-refractivity contribution < 1.29 is 23.5 Å². The first-order valence-electron chi connectivity index (χ1n) is 12.7. The average Bonchev–Trinajstić information content (AvgIpc) is 3.37. The number of nitrogen functional groups attached to an aromatic ring is 1. The largest absolute Gasteiger partial charge is 0.496 e. The summed E-state index contributed by atoms with van der Waals surface area (Å²) >= 11 is 0. The maximum Gasteiger partial charge on any atom is 0.308 e. The molecule has 0 spiro atoms. The van der Waals surface area contributed by atoms with Crippen LogP contribution in [0.25, 0.3) is 16.8 Å². The van der Waals surface area contributed by atoms with Crippen molar-refractivity contribution in [3.63, 3.8) is 0 Å². The monoisotopic (exact) mass is 532 g/mol. The predicted molar refractivity (Wildman–Crippen MR) is 141 cm³/mol. The number of hydrogen-bond acceptors (Lipinski definition) is 8. The summed E-state index contributed by atoms with van der Waals surface area (Å²) in [5.74, 6) is 0.316. The Morgan fingerprint density at radius 3 is 2.54 bits per heavy atom. The molecule has 202 valence electrons. The van der Waals surface area contributed by atoms with Crippen molar-refractivity contribution in [1.82, 2.24) is 24.9 Å². The van der Waals surface area contributed by atoms with Crippen molar-refractivity contribution in [3.8, 4) is 17.0 Å². The number of nitrogens with zero attached hydrogens (tertiary/aromatic N) is 4. The first kappa shape index (κ1) is 26.1. The second-order valence-corrected chi connectivity index (χ2v) is 9.52. The summed E-state index contributed by atoms with van der Waals surface area (Å²) in [5.41, 5.74) is 9.35. The van der Waals surface area contributed by atoms with Crippen LogP contribution in [-0.4, -0.2) is 45.7 Å². The molecule has 2 heterocycles. The molecule has 4 aromatic rings. The normalized spacial score (nSPS) is 17.1. The fraction of sp³-hybridized carbons (Fsp3) is 0.321. The van der Waals surface area contributed by atoms with Crippen LogP contribution < -0.4 is 15.8 Å². The van der Waals surface area contributed by atoms with Gasteiger partial charge in [-0.15, -0.1) is 0 Å². The van der Waals surface area contributed by atoms with Crippen LogP contribution in [0.3, 0.4) is 0 Å². The molecule has 0 saturated heterocycles. The molecule has 3 N–H and O–H groups in total. The predicted octanol–water partition coefficient (Wildman–Crippen LogP) is 3.90. The molecular formula is C28H29FN6O4. The zero-order valence-corrected chi connectivity index (χ0v) is 21.7. The third-order valence-corrected chi connectivity index (χ3v) is 7.20. The van der Waals surface area contributed by atoms with Crippen LogP contribution in [0.4, 0.5) is 10.2 Å². The zero-order valence-electron chi connectivity index (χ0n) is 21.7. The van der Waals surface area contributed by atoms with E-state index in [2.05, 4.69) is 15.4 Å². The Hall–Kier alpha value is -4.54. The maximum absolute atomic E-state index is 13.7. The van der Waals surface area contributed by atoms with E-state index in [1.54, 1.807) is 4.52 Å². The lowest BCUT2D eigenvalue weighted by Crippen LogP contribution is -2.23. The van der Waals surface area contributed by atoms with Gasteiger partial charge in [-0.1, -0.05) is 24.3 Å². The van der Waals surface area contributed by atoms with Crippen molar-refractivity contribution >= 4 is 23.2 Å². The topological polar surface area (TPSA) is 134 Å². The number of halogens is 1. The number of fused-ring (bicyclic) bond motifs is 1. The number of imidazole rings is 1. The van der Waals surface area contributed by atoms with Gasteiger partial charge in [-0.25, -0.2) is 18.9 Å². The summed E-state index contributed by atoms with van der Waals surface area (Å²) in [7, 11) is 2.85. The molecule has 2 aromatic carbocycles. The van der Waals surface area contributed by atoms with E-state index in [0.717, 1.165) is 48.7 Å². The number of nitrogens with one attached hydrogen (secondary N) is 1. The molecule has 0 atom stereocenters. The highest BCUT2D eigenvalue weighted by molar-refractivity contribution is 5.97. The first-order valence-corrected chi connectivity index (χ1v) is 12.7. The fourth-order valence-electron chi connectivity index (χ4n) is 5.11. The molecule has 10 nitrogen and oxygen atoms in total. The molecule has 0 aliphatic heterocycles. The Balaban J connectivity index is 1.35. The summed E-state index contributed by atoms with van der Waals surface area (Å²) in [5, 5.41) is 7.24. The van der Waals surface area contributed by atoms with Gasteiger partial charge >= 0.3 is 5.97 Å². The Bertz CT molecular complexity index is 1510. The molecule has 2 aromatic heterocycles. The number of aromatic nitrogens is 4. The summed E-state index contributed by atoms with van der Waals surface area (Å²) < 4.78 is 25.5. The number of carbonyl (C=O) groups is 2. The maximum atomic E-state index is 13.7. The van der Waals surface area contributed by atoms with Gasteiger partial charge in [-0.05, 0) is 49.4 Å². The Morgan fingerprint density at radius 1 is 1.10 bits per heavy atom. The number of carbonyl (C=O) groups excluding carboxylic acids is 2. The molecule has 1 saturated carbocycles. The van der Waals surface area contributed by atoms with E-state index in [-0.39, 0.29) is 29.9 Å². The van der Waals surface area contributed by atoms with Gasteiger partial charge in [0.2, 0.25) is 0 Å². The van der Waals surface area contributed by atoms with Gasteiger partial charge in [0.1, 0.15) is 34.9 Å². The lowest BCUT2D eigenvalue weighted by Gasteiger charge is -2.25. The minimum absolute atomic E-state index is 0.0910. The van der Waals surface area contributed by atoms with Gasteiger partial charge < -0.3 is 20.5 Å². The van der Waals surface area contributed by atoms with Crippen LogP contribution in [0.15, 0.2) is 48.8 Å². The van der Waals surface area contributed by atoms with E-state index in [9.17, 15) is 14.0 Å². The van der Waals surface area contributed by atoms with Crippen molar-refractivity contribution in [2.45, 2.75) is 38.1 Å². The van der Waals surface area contributed by atoms with Crippen LogP contribution >= 0.6 is 0 Å². The number of nitrogens with two attached hydrogens (primary N) is 1. The number of ether oxygens (including phenoxy) is 2. The summed E-state index contributed by atoms with van der Waals surface area (Å²) in [6, 6.07) is 11.4. The van der Waals surface area contributed by atoms with Crippen molar-refractivity contribution in [1.29, 1.82) is 0 Å². The molecule has 1 aliphatic carbocycles. The van der Waals surface area contributed by atoms with Crippen LogP contribution in [0.1, 0.15) is 53.3 Å². The average molecular weight is 533 g/mol. The zero-order chi connectivity index (χ0) is 27.5. The Labute approximate surface area is 224 Å². The smallest absolute Gasteiger partial charge is 0.308 e. The van der Waals surface area contributed by atoms with E-state index >= 15 is 0 Å². The number of anilines is 1. The molecular weight excluding hydrogens is 503 g/mol. The molecule has 39 heavy (non-hydrogen) atoms. The van der Waals surface area contributed by atoms with Gasteiger partial charge in [0.05, 0.1) is 25.7 Å². The molecule has 1 amide bonds. The lowest BCUT2D eigenvalue weighted by molar-refractivity contribution is -0.146. The highest BCUT2D eigenvalue weighted by Crippen LogP contribution is 2.38. The quantitative estimate of drug-likeness (QED) is 0.343. The molecule has 11 heteroatoms. The van der Waals surface area contributed by atoms with Crippen LogP contribution in [-0.2, 0) is 16.1 Å². The SMILES string of the molecule is COC(=O)C1CCC(c2nc(-c3ccc(CNC(=O)c4cc(F)ccc4OC)cc3)c3c(N)ncnn23)CC1. The summed E-state index contributed by atoms with van der Waals surface area (Å²) in [6.07, 6.45) is 4.44. The fourth-order valence-corrected chi connectivity index (χ4v) is 5.11. The summed E-state index contributed by atoms with van der Waals surface area (Å²) in [4.78, 5) is 33.7. The molecule has 0 radical (unpaired) electrons. The van der Waals surface area contributed by atoms with E-state index in [4.69, 9.17) is 20.2 Å². The van der Waals surface area contributed by atoms with Gasteiger partial charge in [0, 0.05) is 18.0 Å². The van der Waals surface area contributed by atoms with Crippen LogP contribution in [0.2, 0.25) is 0 Å². The number of amides is 1. The van der Waals surface area contributed by atoms with Gasteiger partial charge in [0.15, 0.2) is 5.82 Å². The summed E-state index contributed by atoms with van der Waals surface area (Å²) in [6.45, 7) is 0.239. The second kappa shape index (κ2) is 11.1. The van der Waals surface area contributed by atoms with Crippen LogP contribution in [0, 0.1) is 11.7 Å². The van der Waals surface area contributed by atoms with Gasteiger partial charge in [-0.3, -0.25) is 9.59 Å². The van der Waals surface area contributed by atoms with E-state index in [1.165, 1.54) is 32.7 Å². The first-order chi connectivity index (χ1) is 18.9. The Morgan fingerprint density at radius 2 is 1.85 bits per heavy atom. The van der Waals surface area contributed by atoms with Crippen molar-refractivity contribution in [2.75, 3.05) is 20.0 Å². The molecule has 0 bridgehead atoms. The van der Waals surface area contributed by atoms with E-state index in [0.29, 0.717) is 22.8 Å². The minimum Gasteiger partial charge on any atom is -0.496 e. The highest BCUT2D eigenvalue weighted by Gasteiger charge is 2.31. The van der Waals surface area contributed by atoms with E-state index < -0.39 is 11.7 Å². The van der Waals surface area contributed by atoms with Crippen molar-refractivity contribution in [3.05, 3.63) is 71.6 Å². The highest BCUT2D eigenvalue weighted by atomic mass is 19.1.